The highest BCUT2D eigenvalue weighted by Gasteiger charge is 2.28. The number of sulfonamides is 1. The van der Waals surface area contributed by atoms with Crippen molar-refractivity contribution >= 4 is 31.9 Å². The van der Waals surface area contributed by atoms with Crippen LogP contribution in [0.1, 0.15) is 28.8 Å². The van der Waals surface area contributed by atoms with Crippen LogP contribution in [-0.2, 0) is 23.6 Å². The maximum Gasteiger partial charge on any atom is 0.252 e. The van der Waals surface area contributed by atoms with Crippen LogP contribution in [0.2, 0.25) is 0 Å². The summed E-state index contributed by atoms with van der Waals surface area (Å²) in [4.78, 5) is 12.6. The number of aryl methyl sites for hydroxylation is 1. The first kappa shape index (κ1) is 18.1. The minimum Gasteiger partial charge on any atom is -0.348 e. The number of carbonyl (C=O) groups is 1. The van der Waals surface area contributed by atoms with Gasteiger partial charge >= 0.3 is 0 Å². The molecule has 1 fully saturated rings. The van der Waals surface area contributed by atoms with Gasteiger partial charge in [-0.2, -0.15) is 9.40 Å². The lowest BCUT2D eigenvalue weighted by Crippen LogP contribution is -2.28. The van der Waals surface area contributed by atoms with Crippen molar-refractivity contribution in [3.63, 3.8) is 0 Å². The third-order valence-corrected chi connectivity index (χ3v) is 6.68. The van der Waals surface area contributed by atoms with Gasteiger partial charge < -0.3 is 5.32 Å². The Morgan fingerprint density at radius 2 is 2.04 bits per heavy atom. The normalized spacial score (nSPS) is 15.4. The molecule has 0 spiro atoms. The van der Waals surface area contributed by atoms with Crippen LogP contribution in [0.15, 0.2) is 40.0 Å². The maximum atomic E-state index is 12.7. The predicted molar refractivity (Wildman–Crippen MR) is 96.5 cm³/mol. The van der Waals surface area contributed by atoms with Gasteiger partial charge in [0.05, 0.1) is 16.7 Å². The standard InChI is InChI=1S/C16H19BrN4O3S/c1-20-11-12(10-19-20)9-18-16(22)14-8-13(4-5-15(14)17)25(23,24)21-6-2-3-7-21/h4-5,8,10-11H,2-3,6-7,9H2,1H3,(H,18,22). The number of carbonyl (C=O) groups excluding carboxylic acids is 1. The van der Waals surface area contributed by atoms with Crippen molar-refractivity contribution in [3.8, 4) is 0 Å². The maximum absolute atomic E-state index is 12.7. The fraction of sp³-hybridized carbons (Fsp3) is 0.375. The summed E-state index contributed by atoms with van der Waals surface area (Å²) in [5.74, 6) is -0.339. The number of nitrogens with one attached hydrogen (secondary N) is 1. The van der Waals surface area contributed by atoms with Gasteiger partial charge in [0.1, 0.15) is 0 Å². The van der Waals surface area contributed by atoms with E-state index in [1.807, 2.05) is 6.20 Å². The number of halogens is 1. The Hall–Kier alpha value is -1.71. The number of hydrogen-bond acceptors (Lipinski definition) is 4. The SMILES string of the molecule is Cn1cc(CNC(=O)c2cc(S(=O)(=O)N3CCCC3)ccc2Br)cn1. The molecule has 0 unspecified atom stereocenters. The fourth-order valence-corrected chi connectivity index (χ4v) is 4.73. The van der Waals surface area contributed by atoms with Gasteiger partial charge in [-0.1, -0.05) is 0 Å². The minimum absolute atomic E-state index is 0.143. The molecule has 0 radical (unpaired) electrons. The molecule has 1 N–H and O–H groups in total. The van der Waals surface area contributed by atoms with E-state index in [9.17, 15) is 13.2 Å². The van der Waals surface area contributed by atoms with Gasteiger partial charge in [-0.25, -0.2) is 8.42 Å². The molecule has 1 aliphatic heterocycles. The molecule has 0 atom stereocenters. The first-order chi connectivity index (χ1) is 11.9. The van der Waals surface area contributed by atoms with Crippen molar-refractivity contribution in [1.29, 1.82) is 0 Å². The number of nitrogens with zero attached hydrogens (tertiary/aromatic N) is 3. The Bertz CT molecular complexity index is 889. The molecule has 1 amide bonds. The van der Waals surface area contributed by atoms with Gasteiger partial charge in [0.25, 0.3) is 5.91 Å². The van der Waals surface area contributed by atoms with Crippen LogP contribution in [-0.4, -0.2) is 41.5 Å². The summed E-state index contributed by atoms with van der Waals surface area (Å²) in [6, 6.07) is 4.55. The summed E-state index contributed by atoms with van der Waals surface area (Å²) in [5.41, 5.74) is 1.16. The number of hydrogen-bond donors (Lipinski definition) is 1. The Morgan fingerprint density at radius 1 is 1.32 bits per heavy atom. The van der Waals surface area contributed by atoms with E-state index in [0.29, 0.717) is 29.7 Å². The van der Waals surface area contributed by atoms with Gasteiger partial charge in [-0.15, -0.1) is 0 Å². The third-order valence-electron chi connectivity index (χ3n) is 4.10. The lowest BCUT2D eigenvalue weighted by atomic mass is 10.2. The van der Waals surface area contributed by atoms with E-state index in [1.54, 1.807) is 24.0 Å². The summed E-state index contributed by atoms with van der Waals surface area (Å²) in [6.07, 6.45) is 5.22. The molecule has 7 nitrogen and oxygen atoms in total. The average Bonchev–Trinajstić information content (AvgIpc) is 3.24. The minimum atomic E-state index is -3.56. The molecule has 1 aromatic carbocycles. The number of rotatable bonds is 5. The van der Waals surface area contributed by atoms with E-state index in [-0.39, 0.29) is 10.8 Å². The second kappa shape index (κ2) is 7.27. The molecule has 134 valence electrons. The van der Waals surface area contributed by atoms with Crippen molar-refractivity contribution in [3.05, 3.63) is 46.2 Å². The highest BCUT2D eigenvalue weighted by Crippen LogP contribution is 2.25. The Morgan fingerprint density at radius 3 is 2.68 bits per heavy atom. The lowest BCUT2D eigenvalue weighted by Gasteiger charge is -2.16. The summed E-state index contributed by atoms with van der Waals surface area (Å²) in [7, 11) is -1.76. The van der Waals surface area contributed by atoms with Crippen molar-refractivity contribution in [2.75, 3.05) is 13.1 Å². The molecule has 1 saturated heterocycles. The molecule has 3 rings (SSSR count). The van der Waals surface area contributed by atoms with Crippen molar-refractivity contribution < 1.29 is 13.2 Å². The molecule has 0 saturated carbocycles. The van der Waals surface area contributed by atoms with E-state index < -0.39 is 10.0 Å². The smallest absolute Gasteiger partial charge is 0.252 e. The molecule has 0 aliphatic carbocycles. The molecule has 0 bridgehead atoms. The number of aromatic nitrogens is 2. The van der Waals surface area contributed by atoms with Gasteiger partial charge in [-0.05, 0) is 47.0 Å². The van der Waals surface area contributed by atoms with Crippen LogP contribution in [0.5, 0.6) is 0 Å². The van der Waals surface area contributed by atoms with Gasteiger partial charge in [0.15, 0.2) is 0 Å². The molecule has 9 heteroatoms. The molecule has 25 heavy (non-hydrogen) atoms. The zero-order valence-electron chi connectivity index (χ0n) is 13.8. The van der Waals surface area contributed by atoms with Crippen LogP contribution in [0, 0.1) is 0 Å². The first-order valence-corrected chi connectivity index (χ1v) is 10.2. The van der Waals surface area contributed by atoms with Crippen molar-refractivity contribution in [1.82, 2.24) is 19.4 Å². The zero-order chi connectivity index (χ0) is 18.0. The molecule has 2 aromatic rings. The van der Waals surface area contributed by atoms with E-state index in [4.69, 9.17) is 0 Å². The lowest BCUT2D eigenvalue weighted by molar-refractivity contribution is 0.0950. The quantitative estimate of drug-likeness (QED) is 0.790. The Labute approximate surface area is 155 Å². The summed E-state index contributed by atoms with van der Waals surface area (Å²) in [6.45, 7) is 1.38. The highest BCUT2D eigenvalue weighted by atomic mass is 79.9. The predicted octanol–water partition coefficient (Wildman–Crippen LogP) is 1.90. The summed E-state index contributed by atoms with van der Waals surface area (Å²) < 4.78 is 29.0. The third kappa shape index (κ3) is 3.94. The second-order valence-electron chi connectivity index (χ2n) is 5.96. The van der Waals surface area contributed by atoms with E-state index in [2.05, 4.69) is 26.3 Å². The average molecular weight is 427 g/mol. The molecular weight excluding hydrogens is 408 g/mol. The van der Waals surface area contributed by atoms with E-state index in [1.165, 1.54) is 16.4 Å². The van der Waals surface area contributed by atoms with E-state index >= 15 is 0 Å². The molecule has 2 heterocycles. The molecular formula is C16H19BrN4O3S. The highest BCUT2D eigenvalue weighted by molar-refractivity contribution is 9.10. The largest absolute Gasteiger partial charge is 0.348 e. The molecule has 1 aromatic heterocycles. The van der Waals surface area contributed by atoms with Crippen molar-refractivity contribution in [2.45, 2.75) is 24.3 Å². The van der Waals surface area contributed by atoms with E-state index in [0.717, 1.165) is 18.4 Å². The zero-order valence-corrected chi connectivity index (χ0v) is 16.2. The Kier molecular flexibility index (Phi) is 5.26. The van der Waals surface area contributed by atoms with Crippen LogP contribution >= 0.6 is 15.9 Å². The first-order valence-electron chi connectivity index (χ1n) is 7.93. The second-order valence-corrected chi connectivity index (χ2v) is 8.75. The van der Waals surface area contributed by atoms with Crippen LogP contribution in [0.4, 0.5) is 0 Å². The van der Waals surface area contributed by atoms with Crippen molar-refractivity contribution in [2.24, 2.45) is 7.05 Å². The Balaban J connectivity index is 1.80. The topological polar surface area (TPSA) is 84.3 Å². The number of benzene rings is 1. The number of amides is 1. The summed E-state index contributed by atoms with van der Waals surface area (Å²) in [5, 5.41) is 6.83. The van der Waals surface area contributed by atoms with Crippen LogP contribution in [0.25, 0.3) is 0 Å². The van der Waals surface area contributed by atoms with Crippen LogP contribution < -0.4 is 5.32 Å². The fourth-order valence-electron chi connectivity index (χ4n) is 2.76. The van der Waals surface area contributed by atoms with Crippen LogP contribution in [0.3, 0.4) is 0 Å². The van der Waals surface area contributed by atoms with Gasteiger partial charge in [0.2, 0.25) is 10.0 Å². The molecule has 1 aliphatic rings. The summed E-state index contributed by atoms with van der Waals surface area (Å²) >= 11 is 3.33. The van der Waals surface area contributed by atoms with Gasteiger partial charge in [-0.3, -0.25) is 9.48 Å². The van der Waals surface area contributed by atoms with Gasteiger partial charge in [0, 0.05) is 42.9 Å². The monoisotopic (exact) mass is 426 g/mol.